The molecule has 0 heterocycles. The molecule has 0 saturated carbocycles. The van der Waals surface area contributed by atoms with Gasteiger partial charge in [-0.3, -0.25) is 0 Å². The molecule has 0 aromatic heterocycles. The summed E-state index contributed by atoms with van der Waals surface area (Å²) in [4.78, 5) is 11.3. The van der Waals surface area contributed by atoms with E-state index in [1.807, 2.05) is 12.1 Å². The van der Waals surface area contributed by atoms with Gasteiger partial charge in [0.15, 0.2) is 13.2 Å². The van der Waals surface area contributed by atoms with E-state index in [1.165, 1.54) is 5.56 Å². The number of carbonyl (C=O) groups is 1. The number of hydrogen-bond donors (Lipinski definition) is 0. The third-order valence-electron chi connectivity index (χ3n) is 3.18. The molecule has 1 aromatic carbocycles. The molecule has 118 valence electrons. The van der Waals surface area contributed by atoms with Gasteiger partial charge in [-0.15, -0.1) is 0 Å². The van der Waals surface area contributed by atoms with Crippen molar-refractivity contribution < 1.29 is 23.0 Å². The second kappa shape index (κ2) is 7.96. The summed E-state index contributed by atoms with van der Waals surface area (Å²) in [6.07, 6.45) is 2.13. The second-order valence-corrected chi connectivity index (χ2v) is 5.10. The fourth-order valence-corrected chi connectivity index (χ4v) is 1.99. The maximum atomic E-state index is 12.5. The van der Waals surface area contributed by atoms with Crippen LogP contribution in [0.5, 0.6) is 5.75 Å². The van der Waals surface area contributed by atoms with Crippen molar-refractivity contribution in [1.29, 1.82) is 0 Å². The van der Waals surface area contributed by atoms with Gasteiger partial charge in [-0.2, -0.15) is 0 Å². The van der Waals surface area contributed by atoms with E-state index in [0.717, 1.165) is 12.8 Å². The molecule has 0 amide bonds. The Morgan fingerprint density at radius 3 is 2.24 bits per heavy atom. The van der Waals surface area contributed by atoms with E-state index < -0.39 is 18.5 Å². The summed E-state index contributed by atoms with van der Waals surface area (Å²) in [6.45, 7) is 3.66. The van der Waals surface area contributed by atoms with Crippen LogP contribution in [0, 0.1) is 0 Å². The molecule has 0 aliphatic rings. The number of halogens is 2. The fourth-order valence-electron chi connectivity index (χ4n) is 1.99. The Kier molecular flexibility index (Phi) is 6.59. The van der Waals surface area contributed by atoms with Crippen LogP contribution in [-0.2, 0) is 9.53 Å². The average molecular weight is 300 g/mol. The molecule has 0 aliphatic carbocycles. The lowest BCUT2D eigenvalue weighted by atomic mass is 9.94. The average Bonchev–Trinajstić information content (AvgIpc) is 2.45. The van der Waals surface area contributed by atoms with Gasteiger partial charge in [0, 0.05) is 6.92 Å². The summed E-state index contributed by atoms with van der Waals surface area (Å²) in [7, 11) is 0. The summed E-state index contributed by atoms with van der Waals surface area (Å²) in [6, 6.07) is 7.46. The molecule has 0 unspecified atom stereocenters. The first kappa shape index (κ1) is 17.4. The minimum absolute atomic E-state index is 0.375. The van der Waals surface area contributed by atoms with Gasteiger partial charge in [0.1, 0.15) is 5.75 Å². The monoisotopic (exact) mass is 300 g/mol. The quantitative estimate of drug-likeness (QED) is 0.676. The molecule has 0 saturated heterocycles. The molecule has 0 atom stereocenters. The molecular formula is C16H22F2O3. The first-order valence-corrected chi connectivity index (χ1v) is 7.12. The van der Waals surface area contributed by atoms with Gasteiger partial charge >= 0.3 is 5.97 Å². The zero-order chi connectivity index (χ0) is 15.9. The Labute approximate surface area is 124 Å². The molecule has 21 heavy (non-hydrogen) atoms. The van der Waals surface area contributed by atoms with Gasteiger partial charge in [-0.25, -0.2) is 13.6 Å². The molecule has 0 radical (unpaired) electrons. The second-order valence-electron chi connectivity index (χ2n) is 5.10. The van der Waals surface area contributed by atoms with Crippen molar-refractivity contribution in [3.8, 4) is 5.75 Å². The van der Waals surface area contributed by atoms with Crippen LogP contribution in [-0.4, -0.2) is 25.1 Å². The van der Waals surface area contributed by atoms with E-state index in [-0.39, 0.29) is 6.61 Å². The van der Waals surface area contributed by atoms with Crippen LogP contribution in [0.3, 0.4) is 0 Å². The standard InChI is InChI=1S/C16H22F2O3/c1-4-12(5-2)13-6-8-14(9-7-13)20-10-15(19)21-11-16(3,17)18/h6-9,12H,4-5,10-11H2,1-3H3. The molecule has 5 heteroatoms. The van der Waals surface area contributed by atoms with Gasteiger partial charge in [0.05, 0.1) is 0 Å². The summed E-state index contributed by atoms with van der Waals surface area (Å²) in [5, 5.41) is 0. The summed E-state index contributed by atoms with van der Waals surface area (Å²) >= 11 is 0. The number of benzene rings is 1. The van der Waals surface area contributed by atoms with Crippen molar-refractivity contribution in [2.45, 2.75) is 45.5 Å². The minimum Gasteiger partial charge on any atom is -0.482 e. The first-order valence-electron chi connectivity index (χ1n) is 7.12. The molecule has 0 fully saturated rings. The highest BCUT2D eigenvalue weighted by Gasteiger charge is 2.23. The smallest absolute Gasteiger partial charge is 0.344 e. The van der Waals surface area contributed by atoms with Gasteiger partial charge in [-0.05, 0) is 36.5 Å². The SMILES string of the molecule is CCC(CC)c1ccc(OCC(=O)OCC(C)(F)F)cc1. The third-order valence-corrected chi connectivity index (χ3v) is 3.18. The van der Waals surface area contributed by atoms with E-state index in [2.05, 4.69) is 18.6 Å². The van der Waals surface area contributed by atoms with Crippen LogP contribution in [0.2, 0.25) is 0 Å². The fraction of sp³-hybridized carbons (Fsp3) is 0.562. The molecule has 0 N–H and O–H groups in total. The third kappa shape index (κ3) is 6.56. The zero-order valence-corrected chi connectivity index (χ0v) is 12.7. The van der Waals surface area contributed by atoms with Gasteiger partial charge in [0.2, 0.25) is 0 Å². The lowest BCUT2D eigenvalue weighted by Gasteiger charge is -2.14. The van der Waals surface area contributed by atoms with E-state index in [9.17, 15) is 13.6 Å². The number of rotatable bonds is 8. The van der Waals surface area contributed by atoms with E-state index in [1.54, 1.807) is 12.1 Å². The van der Waals surface area contributed by atoms with E-state index in [0.29, 0.717) is 18.6 Å². The van der Waals surface area contributed by atoms with Gasteiger partial charge in [0.25, 0.3) is 5.92 Å². The molecule has 1 rings (SSSR count). The summed E-state index contributed by atoms with van der Waals surface area (Å²) in [5.74, 6) is -2.80. The summed E-state index contributed by atoms with van der Waals surface area (Å²) in [5.41, 5.74) is 1.22. The predicted octanol–water partition coefficient (Wildman–Crippen LogP) is 4.17. The molecule has 0 bridgehead atoms. The number of hydrogen-bond acceptors (Lipinski definition) is 3. The van der Waals surface area contributed by atoms with Crippen molar-refractivity contribution in [2.24, 2.45) is 0 Å². The van der Waals surface area contributed by atoms with E-state index >= 15 is 0 Å². The van der Waals surface area contributed by atoms with Crippen LogP contribution in [0.1, 0.15) is 45.1 Å². The van der Waals surface area contributed by atoms with Crippen LogP contribution < -0.4 is 4.74 Å². The number of esters is 1. The van der Waals surface area contributed by atoms with Crippen LogP contribution >= 0.6 is 0 Å². The molecule has 0 aliphatic heterocycles. The highest BCUT2D eigenvalue weighted by atomic mass is 19.3. The Bertz CT molecular complexity index is 434. The Hall–Kier alpha value is -1.65. The van der Waals surface area contributed by atoms with Gasteiger partial charge in [-0.1, -0.05) is 26.0 Å². The van der Waals surface area contributed by atoms with Crippen LogP contribution in [0.4, 0.5) is 8.78 Å². The van der Waals surface area contributed by atoms with Crippen LogP contribution in [0.25, 0.3) is 0 Å². The Morgan fingerprint density at radius 1 is 1.19 bits per heavy atom. The molecule has 3 nitrogen and oxygen atoms in total. The predicted molar refractivity (Wildman–Crippen MR) is 76.8 cm³/mol. The molecule has 1 aromatic rings. The highest BCUT2D eigenvalue weighted by Crippen LogP contribution is 2.24. The summed E-state index contributed by atoms with van der Waals surface area (Å²) < 4.78 is 34.7. The lowest BCUT2D eigenvalue weighted by Crippen LogP contribution is -2.24. The van der Waals surface area contributed by atoms with E-state index in [4.69, 9.17) is 4.74 Å². The zero-order valence-electron chi connectivity index (χ0n) is 12.7. The van der Waals surface area contributed by atoms with Crippen molar-refractivity contribution in [3.63, 3.8) is 0 Å². The normalized spacial score (nSPS) is 11.5. The molecule has 0 spiro atoms. The maximum absolute atomic E-state index is 12.5. The first-order chi connectivity index (χ1) is 9.85. The minimum atomic E-state index is -3.02. The van der Waals surface area contributed by atoms with Crippen molar-refractivity contribution in [2.75, 3.05) is 13.2 Å². The van der Waals surface area contributed by atoms with Gasteiger partial charge < -0.3 is 9.47 Å². The van der Waals surface area contributed by atoms with Crippen molar-refractivity contribution in [3.05, 3.63) is 29.8 Å². The maximum Gasteiger partial charge on any atom is 0.344 e. The number of alkyl halides is 2. The van der Waals surface area contributed by atoms with Crippen molar-refractivity contribution in [1.82, 2.24) is 0 Å². The highest BCUT2D eigenvalue weighted by molar-refractivity contribution is 5.71. The topological polar surface area (TPSA) is 35.5 Å². The van der Waals surface area contributed by atoms with Crippen molar-refractivity contribution >= 4 is 5.97 Å². The number of carbonyl (C=O) groups excluding carboxylic acids is 1. The lowest BCUT2D eigenvalue weighted by molar-refractivity contribution is -0.155. The largest absolute Gasteiger partial charge is 0.482 e. The Balaban J connectivity index is 2.44. The molecular weight excluding hydrogens is 278 g/mol. The Morgan fingerprint density at radius 2 is 1.76 bits per heavy atom. The van der Waals surface area contributed by atoms with Crippen LogP contribution in [0.15, 0.2) is 24.3 Å². The number of ether oxygens (including phenoxy) is 2.